The van der Waals surface area contributed by atoms with Crippen molar-refractivity contribution < 1.29 is 0 Å². The first-order chi connectivity index (χ1) is 14.1. The summed E-state index contributed by atoms with van der Waals surface area (Å²) in [6.45, 7) is 2.09. The van der Waals surface area contributed by atoms with E-state index in [9.17, 15) is 4.79 Å². The average Bonchev–Trinajstić information content (AvgIpc) is 3.51. The second-order valence-corrected chi connectivity index (χ2v) is 8.73. The lowest BCUT2D eigenvalue weighted by molar-refractivity contribution is 0.615. The Bertz CT molecular complexity index is 1240. The molecule has 146 valence electrons. The highest BCUT2D eigenvalue weighted by molar-refractivity contribution is 7.98. The molecule has 0 amide bonds. The van der Waals surface area contributed by atoms with Gasteiger partial charge in [-0.25, -0.2) is 4.98 Å². The number of aromatic nitrogens is 3. The molecule has 0 unspecified atom stereocenters. The van der Waals surface area contributed by atoms with Gasteiger partial charge in [0.1, 0.15) is 11.0 Å². The number of benzene rings is 2. The quantitative estimate of drug-likeness (QED) is 0.335. The SMILES string of the molecule is Cc1ccc(CSc2nc3c(-c4ccccc4)cn(C)c3c(=O)n2C2CC2)cc1. The largest absolute Gasteiger partial charge is 0.344 e. The Morgan fingerprint density at radius 2 is 1.79 bits per heavy atom. The van der Waals surface area contributed by atoms with Crippen LogP contribution in [0, 0.1) is 6.92 Å². The number of rotatable bonds is 5. The van der Waals surface area contributed by atoms with Gasteiger partial charge in [-0.05, 0) is 30.9 Å². The summed E-state index contributed by atoms with van der Waals surface area (Å²) in [5.41, 5.74) is 6.17. The van der Waals surface area contributed by atoms with Crippen molar-refractivity contribution in [1.82, 2.24) is 14.1 Å². The molecule has 1 aliphatic rings. The summed E-state index contributed by atoms with van der Waals surface area (Å²) < 4.78 is 3.86. The van der Waals surface area contributed by atoms with Gasteiger partial charge in [0.2, 0.25) is 0 Å². The van der Waals surface area contributed by atoms with Crippen molar-refractivity contribution in [2.24, 2.45) is 7.05 Å². The molecule has 0 aliphatic heterocycles. The van der Waals surface area contributed by atoms with Crippen molar-refractivity contribution in [2.75, 3.05) is 0 Å². The van der Waals surface area contributed by atoms with Gasteiger partial charge in [-0.1, -0.05) is 71.9 Å². The van der Waals surface area contributed by atoms with E-state index in [1.165, 1.54) is 11.1 Å². The van der Waals surface area contributed by atoms with Crippen LogP contribution in [-0.2, 0) is 12.8 Å². The van der Waals surface area contributed by atoms with Crippen LogP contribution in [-0.4, -0.2) is 14.1 Å². The fraction of sp³-hybridized carbons (Fsp3) is 0.250. The number of nitrogens with zero attached hydrogens (tertiary/aromatic N) is 3. The molecule has 29 heavy (non-hydrogen) atoms. The van der Waals surface area contributed by atoms with E-state index in [0.29, 0.717) is 5.52 Å². The van der Waals surface area contributed by atoms with Gasteiger partial charge in [0, 0.05) is 30.6 Å². The van der Waals surface area contributed by atoms with E-state index < -0.39 is 0 Å². The van der Waals surface area contributed by atoms with Crippen LogP contribution in [0.5, 0.6) is 0 Å². The van der Waals surface area contributed by atoms with Crippen molar-refractivity contribution in [3.05, 3.63) is 82.3 Å². The highest BCUT2D eigenvalue weighted by Gasteiger charge is 2.30. The van der Waals surface area contributed by atoms with E-state index >= 15 is 0 Å². The van der Waals surface area contributed by atoms with Crippen LogP contribution in [0.1, 0.15) is 30.0 Å². The average molecular weight is 402 g/mol. The summed E-state index contributed by atoms with van der Waals surface area (Å²) in [5, 5.41) is 0.828. The van der Waals surface area contributed by atoms with Crippen molar-refractivity contribution in [2.45, 2.75) is 36.7 Å². The van der Waals surface area contributed by atoms with Gasteiger partial charge in [-0.2, -0.15) is 0 Å². The maximum absolute atomic E-state index is 13.4. The summed E-state index contributed by atoms with van der Waals surface area (Å²) in [6, 6.07) is 19.0. The van der Waals surface area contributed by atoms with Crippen LogP contribution in [0.2, 0.25) is 0 Å². The van der Waals surface area contributed by atoms with Gasteiger partial charge in [-0.3, -0.25) is 9.36 Å². The number of thioether (sulfide) groups is 1. The molecule has 4 aromatic rings. The zero-order valence-corrected chi connectivity index (χ0v) is 17.4. The normalized spacial score (nSPS) is 13.9. The van der Waals surface area contributed by atoms with Crippen LogP contribution in [0.25, 0.3) is 22.2 Å². The van der Waals surface area contributed by atoms with Gasteiger partial charge >= 0.3 is 0 Å². The molecule has 1 fully saturated rings. The Labute approximate surface area is 174 Å². The molecule has 2 aromatic heterocycles. The van der Waals surface area contributed by atoms with Gasteiger partial charge in [-0.15, -0.1) is 0 Å². The van der Waals surface area contributed by atoms with E-state index in [4.69, 9.17) is 4.98 Å². The Morgan fingerprint density at radius 3 is 2.48 bits per heavy atom. The van der Waals surface area contributed by atoms with E-state index in [2.05, 4.69) is 43.3 Å². The van der Waals surface area contributed by atoms with Crippen LogP contribution in [0.3, 0.4) is 0 Å². The molecule has 0 spiro atoms. The highest BCUT2D eigenvalue weighted by atomic mass is 32.2. The summed E-state index contributed by atoms with van der Waals surface area (Å²) in [4.78, 5) is 18.5. The van der Waals surface area contributed by atoms with Crippen LogP contribution in [0.4, 0.5) is 0 Å². The molecule has 2 heterocycles. The lowest BCUT2D eigenvalue weighted by atomic mass is 10.1. The lowest BCUT2D eigenvalue weighted by Gasteiger charge is -2.12. The second-order valence-electron chi connectivity index (χ2n) is 7.79. The van der Waals surface area contributed by atoms with Gasteiger partial charge in [0.25, 0.3) is 5.56 Å². The van der Waals surface area contributed by atoms with E-state index in [1.54, 1.807) is 11.8 Å². The molecule has 4 nitrogen and oxygen atoms in total. The minimum atomic E-state index is 0.0774. The minimum Gasteiger partial charge on any atom is -0.344 e. The number of hydrogen-bond donors (Lipinski definition) is 0. The number of hydrogen-bond acceptors (Lipinski definition) is 3. The maximum Gasteiger partial charge on any atom is 0.278 e. The molecule has 2 aromatic carbocycles. The zero-order valence-electron chi connectivity index (χ0n) is 16.6. The third kappa shape index (κ3) is 3.40. The minimum absolute atomic E-state index is 0.0774. The molecule has 0 N–H and O–H groups in total. The molecule has 0 saturated heterocycles. The summed E-state index contributed by atoms with van der Waals surface area (Å²) >= 11 is 1.66. The third-order valence-electron chi connectivity index (χ3n) is 5.48. The second kappa shape index (κ2) is 7.23. The lowest BCUT2D eigenvalue weighted by Crippen LogP contribution is -2.23. The van der Waals surface area contributed by atoms with Crippen LogP contribution in [0.15, 0.2) is 70.7 Å². The van der Waals surface area contributed by atoms with Crippen molar-refractivity contribution in [1.29, 1.82) is 0 Å². The Balaban J connectivity index is 1.63. The molecule has 0 atom stereocenters. The summed E-state index contributed by atoms with van der Waals surface area (Å²) in [6.07, 6.45) is 4.14. The molecular weight excluding hydrogens is 378 g/mol. The van der Waals surface area contributed by atoms with E-state index in [0.717, 1.165) is 40.4 Å². The van der Waals surface area contributed by atoms with E-state index in [-0.39, 0.29) is 11.6 Å². The van der Waals surface area contributed by atoms with Gasteiger partial charge < -0.3 is 4.57 Å². The van der Waals surface area contributed by atoms with Crippen molar-refractivity contribution in [3.63, 3.8) is 0 Å². The molecule has 0 radical (unpaired) electrons. The fourth-order valence-electron chi connectivity index (χ4n) is 3.75. The molecule has 1 saturated carbocycles. The summed E-state index contributed by atoms with van der Waals surface area (Å²) in [5.74, 6) is 0.804. The van der Waals surface area contributed by atoms with Gasteiger partial charge in [0.15, 0.2) is 5.16 Å². The Kier molecular flexibility index (Phi) is 4.55. The van der Waals surface area contributed by atoms with Crippen molar-refractivity contribution in [3.8, 4) is 11.1 Å². The van der Waals surface area contributed by atoms with Crippen LogP contribution < -0.4 is 5.56 Å². The highest BCUT2D eigenvalue weighted by Crippen LogP contribution is 2.38. The zero-order chi connectivity index (χ0) is 20.0. The Morgan fingerprint density at radius 1 is 1.07 bits per heavy atom. The van der Waals surface area contributed by atoms with Crippen molar-refractivity contribution >= 4 is 22.8 Å². The summed E-state index contributed by atoms with van der Waals surface area (Å²) in [7, 11) is 1.94. The fourth-order valence-corrected chi connectivity index (χ4v) is 4.76. The molecule has 5 heteroatoms. The first-order valence-electron chi connectivity index (χ1n) is 9.97. The maximum atomic E-state index is 13.4. The molecular formula is C24H23N3OS. The topological polar surface area (TPSA) is 39.8 Å². The van der Waals surface area contributed by atoms with E-state index in [1.807, 2.05) is 40.6 Å². The monoisotopic (exact) mass is 401 g/mol. The predicted octanol–water partition coefficient (Wildman–Crippen LogP) is 5.34. The number of aryl methyl sites for hydroxylation is 2. The number of fused-ring (bicyclic) bond motifs is 1. The van der Waals surface area contributed by atoms with Crippen LogP contribution >= 0.6 is 11.8 Å². The molecule has 5 rings (SSSR count). The first-order valence-corrected chi connectivity index (χ1v) is 11.0. The molecule has 1 aliphatic carbocycles. The standard InChI is InChI=1S/C24H23N3OS/c1-16-8-10-17(11-9-16)15-29-24-25-21-20(18-6-4-3-5-7-18)14-26(2)22(21)23(28)27(24)19-12-13-19/h3-11,14,19H,12-13,15H2,1-2H3. The van der Waals surface area contributed by atoms with Gasteiger partial charge in [0.05, 0.1) is 0 Å². The smallest absolute Gasteiger partial charge is 0.278 e. The third-order valence-corrected chi connectivity index (χ3v) is 6.50. The Hall–Kier alpha value is -2.79. The first kappa shape index (κ1) is 18.3. The predicted molar refractivity (Wildman–Crippen MR) is 119 cm³/mol. The molecule has 0 bridgehead atoms.